The summed E-state index contributed by atoms with van der Waals surface area (Å²) in [5, 5.41) is 4.20. The Morgan fingerprint density at radius 2 is 1.79 bits per heavy atom. The van der Waals surface area contributed by atoms with Gasteiger partial charge in [0, 0.05) is 15.8 Å². The molecular weight excluding hydrogens is 432 g/mol. The Kier molecular flexibility index (Phi) is 6.56. The molecule has 2 heterocycles. The van der Waals surface area contributed by atoms with Gasteiger partial charge in [0.15, 0.2) is 0 Å². The van der Waals surface area contributed by atoms with Crippen LogP contribution < -0.4 is 5.32 Å². The van der Waals surface area contributed by atoms with Crippen LogP contribution in [-0.2, 0) is 11.2 Å². The summed E-state index contributed by atoms with van der Waals surface area (Å²) in [6.07, 6.45) is 2.12. The second kappa shape index (κ2) is 9.55. The number of thiophene rings is 1. The van der Waals surface area contributed by atoms with Crippen LogP contribution in [0.1, 0.15) is 50.1 Å². The van der Waals surface area contributed by atoms with Crippen LogP contribution in [0.4, 0.5) is 5.00 Å². The molecule has 4 aromatic rings. The number of methoxy groups -OCH3 is 1. The van der Waals surface area contributed by atoms with Gasteiger partial charge in [0.25, 0.3) is 5.91 Å². The van der Waals surface area contributed by atoms with E-state index in [1.54, 1.807) is 0 Å². The number of fused-ring (bicyclic) bond motifs is 1. The van der Waals surface area contributed by atoms with Gasteiger partial charge in [-0.3, -0.25) is 4.79 Å². The first-order valence-electron chi connectivity index (χ1n) is 10.9. The molecule has 1 N–H and O–H groups in total. The summed E-state index contributed by atoms with van der Waals surface area (Å²) in [6, 6.07) is 17.7. The summed E-state index contributed by atoms with van der Waals surface area (Å²) in [7, 11) is 1.34. The number of anilines is 1. The fourth-order valence-corrected chi connectivity index (χ4v) is 4.92. The highest BCUT2D eigenvalue weighted by atomic mass is 32.1. The second-order valence-corrected chi connectivity index (χ2v) is 9.18. The van der Waals surface area contributed by atoms with E-state index in [0.29, 0.717) is 16.1 Å². The third-order valence-corrected chi connectivity index (χ3v) is 6.87. The van der Waals surface area contributed by atoms with Crippen LogP contribution in [0.2, 0.25) is 0 Å². The van der Waals surface area contributed by atoms with E-state index in [2.05, 4.69) is 24.4 Å². The number of hydrogen-bond donors (Lipinski definition) is 1. The number of rotatable bonds is 6. The molecule has 0 atom stereocenters. The van der Waals surface area contributed by atoms with Crippen LogP contribution in [0.3, 0.4) is 0 Å². The van der Waals surface area contributed by atoms with E-state index in [9.17, 15) is 9.59 Å². The van der Waals surface area contributed by atoms with Crippen molar-refractivity contribution in [1.29, 1.82) is 0 Å². The maximum Gasteiger partial charge on any atom is 0.341 e. The van der Waals surface area contributed by atoms with E-state index in [4.69, 9.17) is 9.72 Å². The maximum absolute atomic E-state index is 13.5. The Morgan fingerprint density at radius 3 is 2.48 bits per heavy atom. The minimum atomic E-state index is -0.459. The number of carbonyl (C=O) groups excluding carboxylic acids is 2. The molecular formula is C27H26N2O3S. The fourth-order valence-electron chi connectivity index (χ4n) is 3.88. The van der Waals surface area contributed by atoms with Crippen LogP contribution in [0.25, 0.3) is 22.2 Å². The molecule has 0 aliphatic heterocycles. The number of ether oxygens (including phenoxy) is 1. The molecule has 0 unspecified atom stereocenters. The molecule has 0 spiro atoms. The number of aromatic nitrogens is 1. The molecule has 2 aromatic carbocycles. The topological polar surface area (TPSA) is 68.3 Å². The zero-order valence-corrected chi connectivity index (χ0v) is 20.0. The molecule has 5 nitrogen and oxygen atoms in total. The fraction of sp³-hybridized carbons (Fsp3) is 0.222. The molecule has 0 saturated heterocycles. The number of nitrogens with one attached hydrogen (secondary N) is 1. The van der Waals surface area contributed by atoms with E-state index < -0.39 is 5.97 Å². The third-order valence-electron chi connectivity index (χ3n) is 5.75. The van der Waals surface area contributed by atoms with Crippen molar-refractivity contribution >= 4 is 39.1 Å². The van der Waals surface area contributed by atoms with Crippen molar-refractivity contribution in [3.63, 3.8) is 0 Å². The number of amides is 1. The average molecular weight is 459 g/mol. The molecule has 0 aliphatic rings. The average Bonchev–Trinajstić information content (AvgIpc) is 3.11. The second-order valence-electron chi connectivity index (χ2n) is 7.95. The van der Waals surface area contributed by atoms with E-state index in [-0.39, 0.29) is 5.91 Å². The smallest absolute Gasteiger partial charge is 0.341 e. The van der Waals surface area contributed by atoms with E-state index >= 15 is 0 Å². The van der Waals surface area contributed by atoms with Gasteiger partial charge in [-0.05, 0) is 43.5 Å². The van der Waals surface area contributed by atoms with E-state index in [0.717, 1.165) is 45.4 Å². The lowest BCUT2D eigenvalue weighted by Crippen LogP contribution is -2.15. The van der Waals surface area contributed by atoms with Crippen LogP contribution in [0.15, 0.2) is 54.6 Å². The lowest BCUT2D eigenvalue weighted by molar-refractivity contribution is 0.0601. The first-order valence-corrected chi connectivity index (χ1v) is 11.7. The summed E-state index contributed by atoms with van der Waals surface area (Å²) >= 11 is 1.37. The first kappa shape index (κ1) is 22.7. The third kappa shape index (κ3) is 4.52. The maximum atomic E-state index is 13.5. The van der Waals surface area contributed by atoms with Crippen LogP contribution in [0.5, 0.6) is 0 Å². The number of benzene rings is 2. The predicted molar refractivity (Wildman–Crippen MR) is 134 cm³/mol. The number of para-hydroxylation sites is 1. The van der Waals surface area contributed by atoms with Crippen LogP contribution >= 0.6 is 11.3 Å². The van der Waals surface area contributed by atoms with Gasteiger partial charge in [-0.15, -0.1) is 11.3 Å². The summed E-state index contributed by atoms with van der Waals surface area (Å²) < 4.78 is 4.94. The van der Waals surface area contributed by atoms with Gasteiger partial charge < -0.3 is 10.1 Å². The van der Waals surface area contributed by atoms with Crippen molar-refractivity contribution in [2.45, 2.75) is 33.6 Å². The highest BCUT2D eigenvalue weighted by Gasteiger charge is 2.23. The normalized spacial score (nSPS) is 10.9. The summed E-state index contributed by atoms with van der Waals surface area (Å²) in [5.74, 6) is -0.747. The van der Waals surface area contributed by atoms with Crippen molar-refractivity contribution in [3.05, 3.63) is 81.7 Å². The minimum Gasteiger partial charge on any atom is -0.465 e. The SMILES string of the molecule is CCCc1ccc(-c2cc(C(=O)Nc3sc(C)c(C)c3C(=O)OC)c3ccccc3n2)cc1. The number of aryl methyl sites for hydroxylation is 2. The molecule has 0 aliphatic carbocycles. The van der Waals surface area contributed by atoms with Crippen molar-refractivity contribution in [2.75, 3.05) is 12.4 Å². The Hall–Kier alpha value is -3.51. The van der Waals surface area contributed by atoms with E-state index in [1.807, 2.05) is 56.3 Å². The zero-order chi connectivity index (χ0) is 23.5. The van der Waals surface area contributed by atoms with Crippen molar-refractivity contribution in [2.24, 2.45) is 0 Å². The molecule has 1 amide bonds. The molecule has 4 rings (SSSR count). The van der Waals surface area contributed by atoms with E-state index in [1.165, 1.54) is 24.0 Å². The molecule has 2 aromatic heterocycles. The van der Waals surface area contributed by atoms with Gasteiger partial charge in [0.1, 0.15) is 5.00 Å². The van der Waals surface area contributed by atoms with Gasteiger partial charge in [-0.1, -0.05) is 55.8 Å². The first-order chi connectivity index (χ1) is 15.9. The standard InChI is InChI=1S/C27H26N2O3S/c1-5-8-18-11-13-19(14-12-18)23-15-21(20-9-6-7-10-22(20)28-23)25(30)29-26-24(27(31)32-4)16(2)17(3)33-26/h6-7,9-15H,5,8H2,1-4H3,(H,29,30). The highest BCUT2D eigenvalue weighted by Crippen LogP contribution is 2.34. The summed E-state index contributed by atoms with van der Waals surface area (Å²) in [4.78, 5) is 31.5. The van der Waals surface area contributed by atoms with Gasteiger partial charge in [-0.25, -0.2) is 9.78 Å². The van der Waals surface area contributed by atoms with Crippen LogP contribution in [0, 0.1) is 13.8 Å². The minimum absolute atomic E-state index is 0.288. The van der Waals surface area contributed by atoms with Gasteiger partial charge >= 0.3 is 5.97 Å². The Balaban J connectivity index is 1.77. The largest absolute Gasteiger partial charge is 0.465 e. The van der Waals surface area contributed by atoms with Crippen molar-refractivity contribution in [1.82, 2.24) is 4.98 Å². The highest BCUT2D eigenvalue weighted by molar-refractivity contribution is 7.16. The quantitative estimate of drug-likeness (QED) is 0.332. The van der Waals surface area contributed by atoms with Crippen LogP contribution in [-0.4, -0.2) is 24.0 Å². The van der Waals surface area contributed by atoms with Crippen molar-refractivity contribution in [3.8, 4) is 11.3 Å². The zero-order valence-electron chi connectivity index (χ0n) is 19.2. The monoisotopic (exact) mass is 458 g/mol. The van der Waals surface area contributed by atoms with Gasteiger partial charge in [0.05, 0.1) is 29.4 Å². The number of pyridine rings is 1. The Morgan fingerprint density at radius 1 is 1.06 bits per heavy atom. The van der Waals surface area contributed by atoms with Gasteiger partial charge in [-0.2, -0.15) is 0 Å². The predicted octanol–water partition coefficient (Wildman–Crippen LogP) is 6.57. The number of carbonyl (C=O) groups is 2. The number of nitrogens with zero attached hydrogens (tertiary/aromatic N) is 1. The molecule has 33 heavy (non-hydrogen) atoms. The lowest BCUT2D eigenvalue weighted by Gasteiger charge is -2.11. The van der Waals surface area contributed by atoms with Crippen molar-refractivity contribution < 1.29 is 14.3 Å². The molecule has 0 radical (unpaired) electrons. The molecule has 6 heteroatoms. The molecule has 0 bridgehead atoms. The summed E-state index contributed by atoms with van der Waals surface area (Å²) in [6.45, 7) is 5.94. The molecule has 0 saturated carbocycles. The molecule has 0 fully saturated rings. The lowest BCUT2D eigenvalue weighted by atomic mass is 10.0. The van der Waals surface area contributed by atoms with Gasteiger partial charge in [0.2, 0.25) is 0 Å². The Labute approximate surface area is 197 Å². The Bertz CT molecular complexity index is 1340. The number of hydrogen-bond acceptors (Lipinski definition) is 5. The number of esters is 1. The summed E-state index contributed by atoms with van der Waals surface area (Å²) in [5.41, 5.74) is 5.42. The molecule has 168 valence electrons.